The van der Waals surface area contributed by atoms with Crippen molar-refractivity contribution in [3.63, 3.8) is 0 Å². The lowest BCUT2D eigenvalue weighted by molar-refractivity contribution is -0.139. The van der Waals surface area contributed by atoms with Crippen molar-refractivity contribution in [3.05, 3.63) is 28.8 Å². The van der Waals surface area contributed by atoms with Crippen LogP contribution in [-0.4, -0.2) is 61.5 Å². The first-order valence-corrected chi connectivity index (χ1v) is 8.77. The van der Waals surface area contributed by atoms with E-state index in [1.54, 1.807) is 18.2 Å². The molecule has 8 nitrogen and oxygen atoms in total. The zero-order valence-corrected chi connectivity index (χ0v) is 13.9. The second kappa shape index (κ2) is 7.45. The number of piperazine rings is 1. The number of aliphatic carboxylic acids is 1. The Bertz CT molecular complexity index is 674. The molecule has 1 aromatic carbocycles. The average Bonchev–Trinajstić information content (AvgIpc) is 2.46. The van der Waals surface area contributed by atoms with Gasteiger partial charge in [-0.1, -0.05) is 11.6 Å². The molecule has 1 aliphatic heterocycles. The van der Waals surface area contributed by atoms with E-state index in [1.165, 1.54) is 4.31 Å². The minimum atomic E-state index is -3.66. The van der Waals surface area contributed by atoms with Gasteiger partial charge >= 0.3 is 5.97 Å². The van der Waals surface area contributed by atoms with E-state index in [0.717, 1.165) is 5.56 Å². The standard InChI is InChI=1S/C13H18ClN3O5S/c14-11-1-2-12(22-9-13(18)19)10(7-11)8-16-3-5-17(6-4-16)23(15,20)21/h1-2,7H,3-6,8-9H2,(H,18,19)(H2,15,20,21). The predicted molar refractivity (Wildman–Crippen MR) is 84.5 cm³/mol. The Morgan fingerprint density at radius 2 is 1.96 bits per heavy atom. The molecule has 3 N–H and O–H groups in total. The van der Waals surface area contributed by atoms with Gasteiger partial charge in [-0.15, -0.1) is 0 Å². The third-order valence-electron chi connectivity index (χ3n) is 3.46. The molecule has 0 spiro atoms. The minimum absolute atomic E-state index is 0.310. The maximum Gasteiger partial charge on any atom is 0.341 e. The molecule has 0 aromatic heterocycles. The third kappa shape index (κ3) is 5.33. The van der Waals surface area contributed by atoms with Crippen LogP contribution in [0.3, 0.4) is 0 Å². The second-order valence-electron chi connectivity index (χ2n) is 5.15. The molecule has 0 atom stereocenters. The quantitative estimate of drug-likeness (QED) is 0.742. The number of carboxylic acids is 1. The van der Waals surface area contributed by atoms with E-state index < -0.39 is 22.8 Å². The van der Waals surface area contributed by atoms with Crippen LogP contribution in [0.2, 0.25) is 5.02 Å². The topological polar surface area (TPSA) is 113 Å². The van der Waals surface area contributed by atoms with Crippen molar-refractivity contribution in [1.82, 2.24) is 9.21 Å². The molecule has 0 radical (unpaired) electrons. The van der Waals surface area contributed by atoms with Crippen LogP contribution < -0.4 is 9.88 Å². The Morgan fingerprint density at radius 1 is 1.30 bits per heavy atom. The molecule has 1 saturated heterocycles. The van der Waals surface area contributed by atoms with Crippen molar-refractivity contribution >= 4 is 27.8 Å². The molecule has 0 saturated carbocycles. The maximum atomic E-state index is 11.3. The molecule has 1 aliphatic rings. The summed E-state index contributed by atoms with van der Waals surface area (Å²) in [7, 11) is -3.66. The number of hydrogen-bond donors (Lipinski definition) is 2. The highest BCUT2D eigenvalue weighted by atomic mass is 35.5. The van der Waals surface area contributed by atoms with Crippen LogP contribution in [0.15, 0.2) is 18.2 Å². The van der Waals surface area contributed by atoms with Crippen LogP contribution in [0.5, 0.6) is 5.75 Å². The molecule has 2 rings (SSSR count). The van der Waals surface area contributed by atoms with Gasteiger partial charge in [0, 0.05) is 43.3 Å². The van der Waals surface area contributed by atoms with E-state index in [4.69, 9.17) is 26.6 Å². The number of carboxylic acid groups (broad SMARTS) is 1. The molecule has 1 aromatic rings. The lowest BCUT2D eigenvalue weighted by Crippen LogP contribution is -2.50. The largest absolute Gasteiger partial charge is 0.482 e. The SMILES string of the molecule is NS(=O)(=O)N1CCN(Cc2cc(Cl)ccc2OCC(=O)O)CC1. The van der Waals surface area contributed by atoms with E-state index in [1.807, 2.05) is 4.90 Å². The fourth-order valence-corrected chi connectivity index (χ4v) is 3.20. The lowest BCUT2D eigenvalue weighted by atomic mass is 10.1. The van der Waals surface area contributed by atoms with Crippen molar-refractivity contribution in [2.24, 2.45) is 5.14 Å². The second-order valence-corrected chi connectivity index (χ2v) is 7.14. The van der Waals surface area contributed by atoms with Gasteiger partial charge in [-0.05, 0) is 18.2 Å². The number of nitrogens with zero attached hydrogens (tertiary/aromatic N) is 2. The minimum Gasteiger partial charge on any atom is -0.482 e. The summed E-state index contributed by atoms with van der Waals surface area (Å²) in [5.41, 5.74) is 0.753. The van der Waals surface area contributed by atoms with Gasteiger partial charge in [0.15, 0.2) is 6.61 Å². The lowest BCUT2D eigenvalue weighted by Gasteiger charge is -2.33. The van der Waals surface area contributed by atoms with Crippen LogP contribution in [0, 0.1) is 0 Å². The monoisotopic (exact) mass is 363 g/mol. The van der Waals surface area contributed by atoms with Gasteiger partial charge in [-0.3, -0.25) is 4.90 Å². The molecule has 0 unspecified atom stereocenters. The Labute approximate surface area is 139 Å². The summed E-state index contributed by atoms with van der Waals surface area (Å²) in [5.74, 6) is -0.613. The zero-order valence-electron chi connectivity index (χ0n) is 12.3. The molecule has 1 fully saturated rings. The maximum absolute atomic E-state index is 11.3. The Morgan fingerprint density at radius 3 is 2.52 bits per heavy atom. The molecule has 1 heterocycles. The predicted octanol–water partition coefficient (Wildman–Crippen LogP) is 0.125. The van der Waals surface area contributed by atoms with E-state index in [2.05, 4.69) is 0 Å². The number of hydrogen-bond acceptors (Lipinski definition) is 5. The first kappa shape index (κ1) is 18.0. The molecule has 23 heavy (non-hydrogen) atoms. The summed E-state index contributed by atoms with van der Waals surface area (Å²) in [5, 5.41) is 14.3. The Balaban J connectivity index is 2.02. The van der Waals surface area contributed by atoms with Gasteiger partial charge in [0.2, 0.25) is 0 Å². The summed E-state index contributed by atoms with van der Waals surface area (Å²) in [4.78, 5) is 12.7. The molecule has 0 bridgehead atoms. The smallest absolute Gasteiger partial charge is 0.341 e. The molecular weight excluding hydrogens is 346 g/mol. The van der Waals surface area contributed by atoms with Crippen molar-refractivity contribution in [2.75, 3.05) is 32.8 Å². The van der Waals surface area contributed by atoms with E-state index in [-0.39, 0.29) is 0 Å². The van der Waals surface area contributed by atoms with Crippen LogP contribution in [0.4, 0.5) is 0 Å². The van der Waals surface area contributed by atoms with Crippen molar-refractivity contribution in [2.45, 2.75) is 6.54 Å². The summed E-state index contributed by atoms with van der Waals surface area (Å²) in [6.07, 6.45) is 0. The van der Waals surface area contributed by atoms with Crippen molar-refractivity contribution < 1.29 is 23.1 Å². The summed E-state index contributed by atoms with van der Waals surface area (Å²) < 4.78 is 29.1. The number of nitrogens with two attached hydrogens (primary N) is 1. The first-order valence-electron chi connectivity index (χ1n) is 6.89. The Kier molecular flexibility index (Phi) is 5.82. The number of carbonyl (C=O) groups is 1. The highest BCUT2D eigenvalue weighted by Gasteiger charge is 2.24. The van der Waals surface area contributed by atoms with Crippen LogP contribution >= 0.6 is 11.6 Å². The molecule has 10 heteroatoms. The number of benzene rings is 1. The highest BCUT2D eigenvalue weighted by molar-refractivity contribution is 7.86. The fraction of sp³-hybridized carbons (Fsp3) is 0.462. The fourth-order valence-electron chi connectivity index (χ4n) is 2.33. The number of halogens is 1. The molecular formula is C13H18ClN3O5S. The van der Waals surface area contributed by atoms with E-state index in [9.17, 15) is 13.2 Å². The van der Waals surface area contributed by atoms with Crippen molar-refractivity contribution in [3.8, 4) is 5.75 Å². The number of ether oxygens (including phenoxy) is 1. The van der Waals surface area contributed by atoms with Gasteiger partial charge in [-0.25, -0.2) is 9.93 Å². The summed E-state index contributed by atoms with van der Waals surface area (Å²) in [6, 6.07) is 4.97. The van der Waals surface area contributed by atoms with Gasteiger partial charge in [0.25, 0.3) is 10.2 Å². The first-order chi connectivity index (χ1) is 10.8. The van der Waals surface area contributed by atoms with Gasteiger partial charge in [-0.2, -0.15) is 12.7 Å². The molecule has 128 valence electrons. The highest BCUT2D eigenvalue weighted by Crippen LogP contribution is 2.25. The third-order valence-corrected chi connectivity index (χ3v) is 4.78. The normalized spacial score (nSPS) is 17.1. The number of rotatable bonds is 6. The zero-order chi connectivity index (χ0) is 17.0. The van der Waals surface area contributed by atoms with Crippen LogP contribution in [0.25, 0.3) is 0 Å². The summed E-state index contributed by atoms with van der Waals surface area (Å²) >= 11 is 5.99. The van der Waals surface area contributed by atoms with Gasteiger partial charge in [0.05, 0.1) is 0 Å². The average molecular weight is 364 g/mol. The van der Waals surface area contributed by atoms with Gasteiger partial charge in [0.1, 0.15) is 5.75 Å². The van der Waals surface area contributed by atoms with E-state index >= 15 is 0 Å². The molecule has 0 aliphatic carbocycles. The van der Waals surface area contributed by atoms with Gasteiger partial charge < -0.3 is 9.84 Å². The van der Waals surface area contributed by atoms with Crippen molar-refractivity contribution in [1.29, 1.82) is 0 Å². The summed E-state index contributed by atoms with van der Waals surface area (Å²) in [6.45, 7) is 1.69. The molecule has 0 amide bonds. The van der Waals surface area contributed by atoms with Crippen LogP contribution in [-0.2, 0) is 21.5 Å². The van der Waals surface area contributed by atoms with E-state index in [0.29, 0.717) is 43.5 Å². The Hall–Kier alpha value is -1.39. The van der Waals surface area contributed by atoms with Crippen LogP contribution in [0.1, 0.15) is 5.56 Å².